The number of ether oxygens (including phenoxy) is 2. The van der Waals surface area contributed by atoms with Gasteiger partial charge in [-0.2, -0.15) is 0 Å². The number of unbranched alkanes of at least 4 members (excludes halogenated alkanes) is 3. The van der Waals surface area contributed by atoms with Gasteiger partial charge >= 0.3 is 11.9 Å². The molecular weight excluding hydrogens is 340 g/mol. The Morgan fingerprint density at radius 1 is 0.926 bits per heavy atom. The summed E-state index contributed by atoms with van der Waals surface area (Å²) in [6, 6.07) is 6.85. The lowest BCUT2D eigenvalue weighted by Gasteiger charge is -2.26. The van der Waals surface area contributed by atoms with Crippen molar-refractivity contribution in [1.29, 1.82) is 0 Å². The van der Waals surface area contributed by atoms with Crippen molar-refractivity contribution in [2.45, 2.75) is 78.1 Å². The van der Waals surface area contributed by atoms with Crippen LogP contribution < -0.4 is 4.74 Å². The number of hydrogen-bond acceptors (Lipinski definition) is 4. The lowest BCUT2D eigenvalue weighted by Crippen LogP contribution is -2.25. The predicted octanol–water partition coefficient (Wildman–Crippen LogP) is 5.94. The molecule has 1 saturated carbocycles. The monoisotopic (exact) mass is 374 g/mol. The van der Waals surface area contributed by atoms with Crippen LogP contribution >= 0.6 is 0 Å². The van der Waals surface area contributed by atoms with E-state index in [-0.39, 0.29) is 11.9 Å². The minimum Gasteiger partial charge on any atom is -0.494 e. The van der Waals surface area contributed by atoms with Crippen molar-refractivity contribution in [3.63, 3.8) is 0 Å². The summed E-state index contributed by atoms with van der Waals surface area (Å²) in [6.07, 6.45) is 10.8. The number of rotatable bonds is 10. The molecular formula is C23H34O4. The second-order valence-corrected chi connectivity index (χ2v) is 7.65. The molecule has 0 bridgehead atoms. The zero-order chi connectivity index (χ0) is 19.5. The zero-order valence-electron chi connectivity index (χ0n) is 16.9. The Morgan fingerprint density at radius 2 is 1.63 bits per heavy atom. The molecule has 150 valence electrons. The summed E-state index contributed by atoms with van der Waals surface area (Å²) in [5.41, 5.74) is 0.390. The molecule has 2 rings (SSSR count). The van der Waals surface area contributed by atoms with Gasteiger partial charge in [-0.05, 0) is 62.3 Å². The third-order valence-electron chi connectivity index (χ3n) is 5.43. The maximum absolute atomic E-state index is 12.3. The second kappa shape index (κ2) is 11.8. The molecule has 1 aliphatic rings. The van der Waals surface area contributed by atoms with Crippen molar-refractivity contribution in [3.05, 3.63) is 29.8 Å². The molecule has 0 aromatic heterocycles. The van der Waals surface area contributed by atoms with Crippen LogP contribution in [0.5, 0.6) is 5.75 Å². The number of esters is 2. The Kier molecular flexibility index (Phi) is 9.37. The summed E-state index contributed by atoms with van der Waals surface area (Å²) < 4.78 is 10.8. The Bertz CT molecular complexity index is 571. The van der Waals surface area contributed by atoms with Crippen molar-refractivity contribution >= 4 is 11.9 Å². The Hall–Kier alpha value is -1.84. The highest BCUT2D eigenvalue weighted by atomic mass is 16.6. The van der Waals surface area contributed by atoms with Gasteiger partial charge < -0.3 is 9.47 Å². The van der Waals surface area contributed by atoms with Crippen LogP contribution in [0.3, 0.4) is 0 Å². The summed E-state index contributed by atoms with van der Waals surface area (Å²) in [5.74, 6) is 0.400. The topological polar surface area (TPSA) is 52.6 Å². The number of hydrogen-bond donors (Lipinski definition) is 0. The molecule has 0 radical (unpaired) electrons. The zero-order valence-corrected chi connectivity index (χ0v) is 16.9. The van der Waals surface area contributed by atoms with Crippen LogP contribution in [0.25, 0.3) is 0 Å². The van der Waals surface area contributed by atoms with Crippen LogP contribution in [-0.4, -0.2) is 18.5 Å². The minimum absolute atomic E-state index is 0.132. The normalized spacial score (nSPS) is 19.5. The third kappa shape index (κ3) is 7.36. The molecule has 1 aliphatic carbocycles. The van der Waals surface area contributed by atoms with E-state index in [1.54, 1.807) is 24.3 Å². The Balaban J connectivity index is 1.74. The first-order chi connectivity index (χ1) is 13.1. The maximum Gasteiger partial charge on any atom is 0.345 e. The van der Waals surface area contributed by atoms with Gasteiger partial charge in [0.15, 0.2) is 0 Å². The van der Waals surface area contributed by atoms with E-state index in [0.717, 1.165) is 43.8 Å². The average Bonchev–Trinajstić information content (AvgIpc) is 2.69. The van der Waals surface area contributed by atoms with E-state index in [4.69, 9.17) is 9.47 Å². The van der Waals surface area contributed by atoms with Crippen molar-refractivity contribution in [1.82, 2.24) is 0 Å². The lowest BCUT2D eigenvalue weighted by atomic mass is 9.80. The largest absolute Gasteiger partial charge is 0.494 e. The van der Waals surface area contributed by atoms with Crippen LogP contribution in [0.1, 0.15) is 88.4 Å². The van der Waals surface area contributed by atoms with Gasteiger partial charge in [0.1, 0.15) is 5.75 Å². The van der Waals surface area contributed by atoms with Gasteiger partial charge in [0.2, 0.25) is 0 Å². The Morgan fingerprint density at radius 3 is 2.26 bits per heavy atom. The average molecular weight is 375 g/mol. The molecule has 1 aromatic carbocycles. The van der Waals surface area contributed by atoms with Crippen LogP contribution in [0.15, 0.2) is 24.3 Å². The van der Waals surface area contributed by atoms with Gasteiger partial charge in [-0.25, -0.2) is 4.79 Å². The van der Waals surface area contributed by atoms with Crippen molar-refractivity contribution in [2.24, 2.45) is 11.8 Å². The van der Waals surface area contributed by atoms with Crippen LogP contribution in [0.4, 0.5) is 0 Å². The van der Waals surface area contributed by atoms with Crippen molar-refractivity contribution in [2.75, 3.05) is 6.61 Å². The first-order valence-corrected chi connectivity index (χ1v) is 10.6. The maximum atomic E-state index is 12.3. The van der Waals surface area contributed by atoms with Gasteiger partial charge in [0.05, 0.1) is 18.1 Å². The number of carbonyl (C=O) groups is 2. The quantitative estimate of drug-likeness (QED) is 0.289. The third-order valence-corrected chi connectivity index (χ3v) is 5.43. The van der Waals surface area contributed by atoms with E-state index in [1.807, 2.05) is 0 Å². The standard InChI is InChI=1S/C23H34O4/c1-3-5-6-7-17-26-21-15-13-20(14-16-21)23(25)27-22(24)19-11-9-18(8-4-2)10-12-19/h13-16,18-19H,3-12,17H2,1-2H3. The van der Waals surface area contributed by atoms with Crippen LogP contribution in [-0.2, 0) is 9.53 Å². The van der Waals surface area contributed by atoms with E-state index in [9.17, 15) is 9.59 Å². The van der Waals surface area contributed by atoms with Gasteiger partial charge in [-0.1, -0.05) is 46.0 Å². The highest BCUT2D eigenvalue weighted by Gasteiger charge is 2.28. The number of carbonyl (C=O) groups excluding carboxylic acids is 2. The first-order valence-electron chi connectivity index (χ1n) is 10.6. The van der Waals surface area contributed by atoms with Crippen molar-refractivity contribution in [3.8, 4) is 5.75 Å². The summed E-state index contributed by atoms with van der Waals surface area (Å²) in [5, 5.41) is 0. The van der Waals surface area contributed by atoms with Gasteiger partial charge in [0.25, 0.3) is 0 Å². The van der Waals surface area contributed by atoms with Gasteiger partial charge in [-0.15, -0.1) is 0 Å². The molecule has 0 saturated heterocycles. The van der Waals surface area contributed by atoms with Gasteiger partial charge in [0, 0.05) is 0 Å². The molecule has 0 spiro atoms. The molecule has 0 atom stereocenters. The highest BCUT2D eigenvalue weighted by molar-refractivity contribution is 5.97. The molecule has 4 heteroatoms. The molecule has 0 amide bonds. The summed E-state index contributed by atoms with van der Waals surface area (Å²) in [4.78, 5) is 24.5. The van der Waals surface area contributed by atoms with Crippen molar-refractivity contribution < 1.29 is 19.1 Å². The predicted molar refractivity (Wildman–Crippen MR) is 107 cm³/mol. The summed E-state index contributed by atoms with van der Waals surface area (Å²) in [6.45, 7) is 5.06. The summed E-state index contributed by atoms with van der Waals surface area (Å²) in [7, 11) is 0. The Labute approximate surface area is 163 Å². The van der Waals surface area contributed by atoms with Crippen LogP contribution in [0.2, 0.25) is 0 Å². The van der Waals surface area contributed by atoms with E-state index < -0.39 is 5.97 Å². The number of benzene rings is 1. The highest BCUT2D eigenvalue weighted by Crippen LogP contribution is 2.32. The van der Waals surface area contributed by atoms with Gasteiger partial charge in [-0.3, -0.25) is 4.79 Å². The molecule has 4 nitrogen and oxygen atoms in total. The molecule has 0 heterocycles. The molecule has 0 unspecified atom stereocenters. The fourth-order valence-corrected chi connectivity index (χ4v) is 3.73. The fourth-order valence-electron chi connectivity index (χ4n) is 3.73. The van der Waals surface area contributed by atoms with E-state index in [0.29, 0.717) is 12.2 Å². The van der Waals surface area contributed by atoms with E-state index in [1.165, 1.54) is 32.1 Å². The smallest absolute Gasteiger partial charge is 0.345 e. The molecule has 0 aliphatic heterocycles. The minimum atomic E-state index is -0.565. The molecule has 0 N–H and O–H groups in total. The van der Waals surface area contributed by atoms with E-state index >= 15 is 0 Å². The fraction of sp³-hybridized carbons (Fsp3) is 0.652. The SMILES string of the molecule is CCCCCCOc1ccc(C(=O)OC(=O)C2CCC(CCC)CC2)cc1. The van der Waals surface area contributed by atoms with E-state index in [2.05, 4.69) is 13.8 Å². The summed E-state index contributed by atoms with van der Waals surface area (Å²) >= 11 is 0. The van der Waals surface area contributed by atoms with Crippen LogP contribution in [0, 0.1) is 11.8 Å². The lowest BCUT2D eigenvalue weighted by molar-refractivity contribution is -0.144. The molecule has 1 aromatic rings. The molecule has 1 fully saturated rings. The second-order valence-electron chi connectivity index (χ2n) is 7.65. The first kappa shape index (κ1) is 21.5. The molecule has 27 heavy (non-hydrogen) atoms.